The van der Waals surface area contributed by atoms with Gasteiger partial charge in [-0.2, -0.15) is 0 Å². The van der Waals surface area contributed by atoms with E-state index in [1.165, 1.54) is 74.6 Å². The zero-order chi connectivity index (χ0) is 38.4. The van der Waals surface area contributed by atoms with E-state index in [0.29, 0.717) is 5.92 Å². The van der Waals surface area contributed by atoms with Crippen LogP contribution >= 0.6 is 22.7 Å². The Hall–Kier alpha value is -5.12. The average molecular weight is 775 g/mol. The Labute approximate surface area is 336 Å². The second-order valence-corrected chi connectivity index (χ2v) is 19.9. The van der Waals surface area contributed by atoms with Gasteiger partial charge in [-0.3, -0.25) is 0 Å². The Kier molecular flexibility index (Phi) is 7.14. The Morgan fingerprint density at radius 2 is 0.982 bits per heavy atom. The third kappa shape index (κ3) is 4.92. The maximum atomic E-state index is 6.02. The molecular formula is C47H43BN2O4S2. The van der Waals surface area contributed by atoms with Gasteiger partial charge in [0.15, 0.2) is 23.0 Å². The highest BCUT2D eigenvalue weighted by Gasteiger charge is 2.48. The lowest BCUT2D eigenvalue weighted by atomic mass is 9.33. The molecule has 2 aromatic heterocycles. The number of hydrogen-bond donors (Lipinski definition) is 0. The number of hydrogen-bond acceptors (Lipinski definition) is 8. The molecule has 0 N–H and O–H groups in total. The van der Waals surface area contributed by atoms with Gasteiger partial charge in [0.25, 0.3) is 6.71 Å². The van der Waals surface area contributed by atoms with Crippen LogP contribution in [0.25, 0.3) is 20.2 Å². The predicted octanol–water partition coefficient (Wildman–Crippen LogP) is 11.4. The third-order valence-corrected chi connectivity index (χ3v) is 14.3. The number of nitrogens with zero attached hydrogens (tertiary/aromatic N) is 2. The molecule has 0 saturated heterocycles. The zero-order valence-corrected chi connectivity index (χ0v) is 34.6. The molecule has 7 aromatic rings. The summed E-state index contributed by atoms with van der Waals surface area (Å²) in [6, 6.07) is 32.0. The van der Waals surface area contributed by atoms with Crippen LogP contribution in [0.5, 0.6) is 23.0 Å². The number of thiophene rings is 2. The van der Waals surface area contributed by atoms with Crippen LogP contribution in [0.2, 0.25) is 0 Å². The molecule has 5 aromatic carbocycles. The normalized spacial score (nSPS) is 15.3. The molecule has 4 aliphatic rings. The second-order valence-electron chi connectivity index (χ2n) is 17.9. The van der Waals surface area contributed by atoms with Crippen molar-refractivity contribution in [3.63, 3.8) is 0 Å². The largest absolute Gasteiger partial charge is 0.454 e. The molecule has 56 heavy (non-hydrogen) atoms. The molecule has 0 fully saturated rings. The smallest absolute Gasteiger partial charge is 0.256 e. The molecule has 0 aliphatic carbocycles. The standard InChI is InChI=1S/C47H43BN2O4S2/c1-25(2)26-17-33-43-34(18-26)50(30-12-14-36-38(22-30)54-24-52-36)45-42(32-20-28(47(6,7)8)10-16-40(32)56-45)48(43)41-31-19-27(46(3,4)5)9-15-39(31)55-44(41)49(33)29-11-13-35-37(21-29)53-23-51-35/h9-22,25H,23-24H2,1-8H3. The summed E-state index contributed by atoms with van der Waals surface area (Å²) < 4.78 is 26.3. The first-order chi connectivity index (χ1) is 26.8. The molecule has 9 heteroatoms. The van der Waals surface area contributed by atoms with Crippen molar-refractivity contribution < 1.29 is 18.9 Å². The lowest BCUT2D eigenvalue weighted by molar-refractivity contribution is 0.173. The summed E-state index contributed by atoms with van der Waals surface area (Å²) in [5, 5.41) is 5.16. The van der Waals surface area contributed by atoms with E-state index in [4.69, 9.17) is 18.9 Å². The lowest BCUT2D eigenvalue weighted by Gasteiger charge is -2.42. The molecule has 6 heterocycles. The molecule has 0 unspecified atom stereocenters. The second kappa shape index (κ2) is 11.7. The highest BCUT2D eigenvalue weighted by atomic mass is 32.1. The summed E-state index contributed by atoms with van der Waals surface area (Å²) in [7, 11) is 0. The van der Waals surface area contributed by atoms with E-state index in [2.05, 4.69) is 150 Å². The van der Waals surface area contributed by atoms with Gasteiger partial charge in [0, 0.05) is 32.9 Å². The molecule has 4 aliphatic heterocycles. The van der Waals surface area contributed by atoms with Crippen LogP contribution in [0.3, 0.4) is 0 Å². The molecule has 0 saturated carbocycles. The van der Waals surface area contributed by atoms with Gasteiger partial charge in [-0.05, 0) is 109 Å². The number of rotatable bonds is 3. The minimum atomic E-state index is -0.00547. The van der Waals surface area contributed by atoms with Crippen molar-refractivity contribution in [1.29, 1.82) is 0 Å². The SMILES string of the molecule is CC(C)c1cc2c3c(c1)N(c1ccc4c(c1)OCO4)c1sc4ccc(C(C)(C)C)cc4c1B3c1c(sc3ccc(C(C)(C)C)cc13)N2c1ccc2c(c1)OCO2. The van der Waals surface area contributed by atoms with Crippen LogP contribution in [0.15, 0.2) is 84.9 Å². The van der Waals surface area contributed by atoms with Crippen molar-refractivity contribution in [3.8, 4) is 23.0 Å². The van der Waals surface area contributed by atoms with Crippen LogP contribution in [0.1, 0.15) is 78.0 Å². The van der Waals surface area contributed by atoms with E-state index in [-0.39, 0.29) is 31.1 Å². The van der Waals surface area contributed by atoms with Gasteiger partial charge in [-0.25, -0.2) is 0 Å². The first-order valence-electron chi connectivity index (χ1n) is 19.5. The summed E-state index contributed by atoms with van der Waals surface area (Å²) in [5.74, 6) is 3.42. The minimum Gasteiger partial charge on any atom is -0.454 e. The van der Waals surface area contributed by atoms with Crippen LogP contribution in [0.4, 0.5) is 32.8 Å². The highest BCUT2D eigenvalue weighted by molar-refractivity contribution is 7.29. The number of ether oxygens (including phenoxy) is 4. The lowest BCUT2D eigenvalue weighted by Crippen LogP contribution is -2.60. The van der Waals surface area contributed by atoms with E-state index in [9.17, 15) is 0 Å². The van der Waals surface area contributed by atoms with Gasteiger partial charge >= 0.3 is 0 Å². The molecule has 0 radical (unpaired) electrons. The highest BCUT2D eigenvalue weighted by Crippen LogP contribution is 2.53. The van der Waals surface area contributed by atoms with Crippen molar-refractivity contribution in [2.24, 2.45) is 0 Å². The van der Waals surface area contributed by atoms with Crippen molar-refractivity contribution in [2.45, 2.75) is 72.1 Å². The minimum absolute atomic E-state index is 0.00494. The van der Waals surface area contributed by atoms with Crippen molar-refractivity contribution >= 4 is 98.7 Å². The summed E-state index contributed by atoms with van der Waals surface area (Å²) in [4.78, 5) is 5.02. The number of anilines is 6. The molecule has 280 valence electrons. The van der Waals surface area contributed by atoms with E-state index < -0.39 is 0 Å². The van der Waals surface area contributed by atoms with Crippen molar-refractivity contribution in [3.05, 3.63) is 102 Å². The summed E-state index contributed by atoms with van der Waals surface area (Å²) in [5.41, 5.74) is 12.5. The van der Waals surface area contributed by atoms with Gasteiger partial charge < -0.3 is 28.7 Å². The fourth-order valence-electron chi connectivity index (χ4n) is 8.89. The predicted molar refractivity (Wildman–Crippen MR) is 235 cm³/mol. The molecule has 0 atom stereocenters. The van der Waals surface area contributed by atoms with Gasteiger partial charge in [-0.15, -0.1) is 22.7 Å². The van der Waals surface area contributed by atoms with E-state index in [1.54, 1.807) is 0 Å². The van der Waals surface area contributed by atoms with E-state index in [0.717, 1.165) is 34.4 Å². The molecule has 6 nitrogen and oxygen atoms in total. The average Bonchev–Trinajstić information content (AvgIpc) is 3.97. The van der Waals surface area contributed by atoms with Crippen LogP contribution in [-0.2, 0) is 10.8 Å². The van der Waals surface area contributed by atoms with Gasteiger partial charge in [0.05, 0.1) is 21.4 Å². The maximum absolute atomic E-state index is 6.02. The molecule has 0 spiro atoms. The van der Waals surface area contributed by atoms with Crippen LogP contribution in [-0.4, -0.2) is 20.3 Å². The third-order valence-electron chi connectivity index (χ3n) is 12.0. The zero-order valence-electron chi connectivity index (χ0n) is 33.0. The molecular weight excluding hydrogens is 731 g/mol. The van der Waals surface area contributed by atoms with Crippen LogP contribution in [0, 0.1) is 0 Å². The van der Waals surface area contributed by atoms with Crippen LogP contribution < -0.4 is 45.1 Å². The fourth-order valence-corrected chi connectivity index (χ4v) is 11.4. The molecule has 11 rings (SSSR count). The Balaban J connectivity index is 1.30. The van der Waals surface area contributed by atoms with Gasteiger partial charge in [0.2, 0.25) is 13.6 Å². The van der Waals surface area contributed by atoms with Gasteiger partial charge in [0.1, 0.15) is 0 Å². The Morgan fingerprint density at radius 1 is 0.536 bits per heavy atom. The number of benzene rings is 5. The topological polar surface area (TPSA) is 43.4 Å². The van der Waals surface area contributed by atoms with Gasteiger partial charge in [-0.1, -0.05) is 79.7 Å². The summed E-state index contributed by atoms with van der Waals surface area (Å²) >= 11 is 3.79. The quantitative estimate of drug-likeness (QED) is 0.167. The van der Waals surface area contributed by atoms with E-state index in [1.807, 2.05) is 22.7 Å². The summed E-state index contributed by atoms with van der Waals surface area (Å²) in [6.45, 7) is 18.9. The van der Waals surface area contributed by atoms with Crippen molar-refractivity contribution in [2.75, 3.05) is 23.4 Å². The monoisotopic (exact) mass is 774 g/mol. The first-order valence-corrected chi connectivity index (χ1v) is 21.2. The number of fused-ring (bicyclic) bond motifs is 10. The first kappa shape index (κ1) is 34.2. The van der Waals surface area contributed by atoms with E-state index >= 15 is 0 Å². The Bertz CT molecular complexity index is 2620. The summed E-state index contributed by atoms with van der Waals surface area (Å²) in [6.07, 6.45) is 0. The fraction of sp³-hybridized carbons (Fsp3) is 0.277. The van der Waals surface area contributed by atoms with Crippen molar-refractivity contribution in [1.82, 2.24) is 0 Å². The molecule has 0 amide bonds. The molecule has 0 bridgehead atoms. The maximum Gasteiger partial charge on any atom is 0.256 e. The Morgan fingerprint density at radius 3 is 1.41 bits per heavy atom.